The van der Waals surface area contributed by atoms with E-state index in [1.165, 1.54) is 24.1 Å². The van der Waals surface area contributed by atoms with E-state index in [0.29, 0.717) is 13.2 Å². The maximum Gasteiger partial charge on any atom is 0.246 e. The lowest BCUT2D eigenvalue weighted by molar-refractivity contribution is -0.125. The molecule has 1 saturated heterocycles. The van der Waals surface area contributed by atoms with Gasteiger partial charge in [-0.1, -0.05) is 12.1 Å². The van der Waals surface area contributed by atoms with E-state index in [0.717, 1.165) is 13.1 Å². The average Bonchev–Trinajstić information content (AvgIpc) is 3.08. The lowest BCUT2D eigenvalue weighted by Crippen LogP contribution is -2.38. The first kappa shape index (κ1) is 17.8. The number of likely N-dealkylation sites (tertiary alicyclic amines) is 1. The van der Waals surface area contributed by atoms with Crippen LogP contribution in [0.5, 0.6) is 0 Å². The normalized spacial score (nSPS) is 16.3. The molecule has 1 N–H and O–H groups in total. The number of carbonyl (C=O) groups excluding carboxylic acids is 1. The van der Waals surface area contributed by atoms with Crippen molar-refractivity contribution in [1.29, 1.82) is 0 Å². The summed E-state index contributed by atoms with van der Waals surface area (Å²) in [7, 11) is 4.09. The van der Waals surface area contributed by atoms with Crippen LogP contribution in [0.25, 0.3) is 0 Å². The monoisotopic (exact) mass is 319 g/mol. The number of anilines is 1. The molecule has 1 fully saturated rings. The number of hydrogen-bond acceptors (Lipinski definition) is 4. The number of ether oxygens (including phenoxy) is 1. The van der Waals surface area contributed by atoms with Crippen molar-refractivity contribution in [2.75, 3.05) is 51.8 Å². The molecule has 1 heterocycles. The number of carbonyl (C=O) groups is 1. The molecule has 0 saturated carbocycles. The first-order chi connectivity index (χ1) is 11.1. The largest absolute Gasteiger partial charge is 0.378 e. The molecule has 0 unspecified atom stereocenters. The Morgan fingerprint density at radius 3 is 2.48 bits per heavy atom. The first-order valence-corrected chi connectivity index (χ1v) is 8.47. The first-order valence-electron chi connectivity index (χ1n) is 8.47. The quantitative estimate of drug-likeness (QED) is 0.796. The molecule has 5 nitrogen and oxygen atoms in total. The van der Waals surface area contributed by atoms with Crippen molar-refractivity contribution < 1.29 is 9.53 Å². The molecule has 128 valence electrons. The van der Waals surface area contributed by atoms with Crippen molar-refractivity contribution in [1.82, 2.24) is 10.2 Å². The molecule has 1 aliphatic rings. The van der Waals surface area contributed by atoms with Gasteiger partial charge in [0.1, 0.15) is 6.61 Å². The van der Waals surface area contributed by atoms with Crippen LogP contribution in [0.15, 0.2) is 24.3 Å². The summed E-state index contributed by atoms with van der Waals surface area (Å²) in [6.45, 7) is 5.43. The van der Waals surface area contributed by atoms with Gasteiger partial charge in [0.2, 0.25) is 5.91 Å². The minimum atomic E-state index is -0.0408. The molecule has 23 heavy (non-hydrogen) atoms. The second-order valence-electron chi connectivity index (χ2n) is 6.19. The average molecular weight is 319 g/mol. The number of rotatable bonds is 8. The van der Waals surface area contributed by atoms with Gasteiger partial charge in [-0.05, 0) is 50.6 Å². The van der Waals surface area contributed by atoms with Gasteiger partial charge in [-0.3, -0.25) is 9.69 Å². The second kappa shape index (κ2) is 8.89. The lowest BCUT2D eigenvalue weighted by Gasteiger charge is -2.28. The molecule has 1 aromatic rings. The number of nitrogens with one attached hydrogen (secondary N) is 1. The summed E-state index contributed by atoms with van der Waals surface area (Å²) in [6.07, 6.45) is 2.47. The molecular weight excluding hydrogens is 290 g/mol. The molecule has 1 aliphatic heterocycles. The highest BCUT2D eigenvalue weighted by Crippen LogP contribution is 2.26. The molecule has 2 rings (SSSR count). The number of hydrogen-bond donors (Lipinski definition) is 1. The van der Waals surface area contributed by atoms with Gasteiger partial charge in [0.15, 0.2) is 0 Å². The molecule has 0 aromatic heterocycles. The summed E-state index contributed by atoms with van der Waals surface area (Å²) in [6, 6.07) is 8.86. The van der Waals surface area contributed by atoms with E-state index < -0.39 is 0 Å². The Balaban J connectivity index is 2.03. The van der Waals surface area contributed by atoms with Crippen molar-refractivity contribution in [2.45, 2.75) is 25.8 Å². The third-order valence-corrected chi connectivity index (χ3v) is 4.31. The van der Waals surface area contributed by atoms with Crippen molar-refractivity contribution in [3.05, 3.63) is 29.8 Å². The Morgan fingerprint density at radius 2 is 1.91 bits per heavy atom. The molecule has 0 aliphatic carbocycles. The van der Waals surface area contributed by atoms with Crippen LogP contribution in [-0.4, -0.2) is 57.8 Å². The summed E-state index contributed by atoms with van der Waals surface area (Å²) >= 11 is 0. The fraction of sp³-hybridized carbons (Fsp3) is 0.611. The molecule has 0 radical (unpaired) electrons. The highest BCUT2D eigenvalue weighted by atomic mass is 16.5. The third kappa shape index (κ3) is 5.22. The number of amides is 1. The van der Waals surface area contributed by atoms with Crippen LogP contribution in [0.3, 0.4) is 0 Å². The van der Waals surface area contributed by atoms with E-state index in [2.05, 4.69) is 39.4 Å². The zero-order valence-corrected chi connectivity index (χ0v) is 14.5. The smallest absolute Gasteiger partial charge is 0.246 e. The van der Waals surface area contributed by atoms with Crippen molar-refractivity contribution in [3.8, 4) is 0 Å². The van der Waals surface area contributed by atoms with Crippen molar-refractivity contribution >= 4 is 11.6 Å². The summed E-state index contributed by atoms with van der Waals surface area (Å²) in [5.41, 5.74) is 2.45. The fourth-order valence-corrected chi connectivity index (χ4v) is 2.96. The highest BCUT2D eigenvalue weighted by Gasteiger charge is 2.24. The van der Waals surface area contributed by atoms with Crippen molar-refractivity contribution in [3.63, 3.8) is 0 Å². The summed E-state index contributed by atoms with van der Waals surface area (Å²) < 4.78 is 5.17. The van der Waals surface area contributed by atoms with Crippen molar-refractivity contribution in [2.24, 2.45) is 0 Å². The van der Waals surface area contributed by atoms with Gasteiger partial charge in [0.25, 0.3) is 0 Å². The van der Waals surface area contributed by atoms with Gasteiger partial charge >= 0.3 is 0 Å². The van der Waals surface area contributed by atoms with Gasteiger partial charge in [-0.2, -0.15) is 0 Å². The second-order valence-corrected chi connectivity index (χ2v) is 6.19. The summed E-state index contributed by atoms with van der Waals surface area (Å²) in [4.78, 5) is 16.4. The van der Waals surface area contributed by atoms with Crippen LogP contribution >= 0.6 is 0 Å². The van der Waals surface area contributed by atoms with Crippen LogP contribution in [0, 0.1) is 0 Å². The van der Waals surface area contributed by atoms with Crippen LogP contribution in [0.4, 0.5) is 5.69 Å². The Kier molecular flexibility index (Phi) is 6.86. The van der Waals surface area contributed by atoms with Crippen LogP contribution < -0.4 is 10.2 Å². The fourth-order valence-electron chi connectivity index (χ4n) is 2.96. The Hall–Kier alpha value is -1.59. The standard InChI is InChI=1S/C18H29N3O2/c1-4-23-14-18(22)19-13-17(21-11-5-6-12-21)15-7-9-16(10-8-15)20(2)3/h7-10,17H,4-6,11-14H2,1-3H3,(H,19,22)/t17-/m1/s1. The highest BCUT2D eigenvalue weighted by molar-refractivity contribution is 5.77. The van der Waals surface area contributed by atoms with Gasteiger partial charge in [0, 0.05) is 32.9 Å². The molecule has 1 amide bonds. The summed E-state index contributed by atoms with van der Waals surface area (Å²) in [5.74, 6) is -0.0408. The Morgan fingerprint density at radius 1 is 1.26 bits per heavy atom. The molecule has 1 atom stereocenters. The third-order valence-electron chi connectivity index (χ3n) is 4.31. The SMILES string of the molecule is CCOCC(=O)NC[C@H](c1ccc(N(C)C)cc1)N1CCCC1. The van der Waals surface area contributed by atoms with E-state index in [1.807, 2.05) is 21.0 Å². The maximum absolute atomic E-state index is 11.8. The van der Waals surface area contributed by atoms with Gasteiger partial charge < -0.3 is 15.0 Å². The van der Waals surface area contributed by atoms with Gasteiger partial charge in [0.05, 0.1) is 6.04 Å². The number of benzene rings is 1. The Bertz CT molecular complexity index is 482. The zero-order valence-electron chi connectivity index (χ0n) is 14.5. The molecular formula is C18H29N3O2. The van der Waals surface area contributed by atoms with E-state index in [9.17, 15) is 4.79 Å². The van der Waals surface area contributed by atoms with Crippen LogP contribution in [-0.2, 0) is 9.53 Å². The van der Waals surface area contributed by atoms with E-state index in [4.69, 9.17) is 4.74 Å². The Labute approximate surface area is 139 Å². The predicted molar refractivity (Wildman–Crippen MR) is 93.8 cm³/mol. The molecule has 5 heteroatoms. The zero-order chi connectivity index (χ0) is 16.7. The topological polar surface area (TPSA) is 44.8 Å². The van der Waals surface area contributed by atoms with E-state index in [-0.39, 0.29) is 18.6 Å². The molecule has 1 aromatic carbocycles. The minimum Gasteiger partial charge on any atom is -0.378 e. The molecule has 0 spiro atoms. The lowest BCUT2D eigenvalue weighted by atomic mass is 10.0. The molecule has 0 bridgehead atoms. The number of nitrogens with zero attached hydrogens (tertiary/aromatic N) is 2. The maximum atomic E-state index is 11.8. The predicted octanol–water partition coefficient (Wildman–Crippen LogP) is 2.04. The van der Waals surface area contributed by atoms with Gasteiger partial charge in [-0.25, -0.2) is 0 Å². The van der Waals surface area contributed by atoms with Crippen LogP contribution in [0.2, 0.25) is 0 Å². The minimum absolute atomic E-state index is 0.0408. The van der Waals surface area contributed by atoms with E-state index in [1.54, 1.807) is 0 Å². The summed E-state index contributed by atoms with van der Waals surface area (Å²) in [5, 5.41) is 3.01. The van der Waals surface area contributed by atoms with E-state index >= 15 is 0 Å². The van der Waals surface area contributed by atoms with Crippen LogP contribution in [0.1, 0.15) is 31.4 Å². The van der Waals surface area contributed by atoms with Gasteiger partial charge in [-0.15, -0.1) is 0 Å².